The Balaban J connectivity index is 1.53. The van der Waals surface area contributed by atoms with Gasteiger partial charge in [0.05, 0.1) is 23.4 Å². The van der Waals surface area contributed by atoms with Gasteiger partial charge in [-0.2, -0.15) is 0 Å². The van der Waals surface area contributed by atoms with Gasteiger partial charge in [-0.25, -0.2) is 4.98 Å². The first-order chi connectivity index (χ1) is 15.6. The van der Waals surface area contributed by atoms with Crippen LogP contribution in [0.25, 0.3) is 15.9 Å². The Kier molecular flexibility index (Phi) is 6.24. The highest BCUT2D eigenvalue weighted by Crippen LogP contribution is 2.35. The van der Waals surface area contributed by atoms with Gasteiger partial charge < -0.3 is 10.1 Å². The molecule has 1 aromatic carbocycles. The number of hydrogen-bond acceptors (Lipinski definition) is 6. The topological polar surface area (TPSA) is 73.2 Å². The summed E-state index contributed by atoms with van der Waals surface area (Å²) >= 11 is 2.97. The maximum Gasteiger partial charge on any atom is 0.267 e. The van der Waals surface area contributed by atoms with E-state index in [2.05, 4.69) is 5.32 Å². The Bertz CT molecular complexity index is 1200. The quantitative estimate of drug-likeness (QED) is 0.392. The SMILES string of the molecule is CCOc1ccc(-n2c(SCC(=O)NCC3CC3)nc3sc4c(c3c2=O)CCCC4)cc1. The first-order valence-electron chi connectivity index (χ1n) is 11.3. The van der Waals surface area contributed by atoms with Gasteiger partial charge in [0.1, 0.15) is 10.6 Å². The monoisotopic (exact) mass is 469 g/mol. The lowest BCUT2D eigenvalue weighted by molar-refractivity contribution is -0.118. The van der Waals surface area contributed by atoms with Gasteiger partial charge in [-0.1, -0.05) is 11.8 Å². The highest BCUT2D eigenvalue weighted by atomic mass is 32.2. The summed E-state index contributed by atoms with van der Waals surface area (Å²) in [5.74, 6) is 1.63. The average molecular weight is 470 g/mol. The molecule has 32 heavy (non-hydrogen) atoms. The van der Waals surface area contributed by atoms with Crippen LogP contribution in [0.5, 0.6) is 5.75 Å². The van der Waals surface area contributed by atoms with Crippen molar-refractivity contribution in [3.8, 4) is 11.4 Å². The molecule has 0 bridgehead atoms. The second-order valence-corrected chi connectivity index (χ2v) is 10.4. The molecule has 2 aliphatic carbocycles. The fourth-order valence-corrected chi connectivity index (χ4v) is 6.28. The summed E-state index contributed by atoms with van der Waals surface area (Å²) < 4.78 is 7.23. The number of hydrogen-bond donors (Lipinski definition) is 1. The highest BCUT2D eigenvalue weighted by molar-refractivity contribution is 7.99. The third-order valence-corrected chi connectivity index (χ3v) is 8.11. The molecule has 0 unspecified atom stereocenters. The number of rotatable bonds is 8. The largest absolute Gasteiger partial charge is 0.494 e. The number of carbonyl (C=O) groups is 1. The second-order valence-electron chi connectivity index (χ2n) is 8.39. The van der Waals surface area contributed by atoms with Crippen molar-refractivity contribution in [2.75, 3.05) is 18.9 Å². The summed E-state index contributed by atoms with van der Waals surface area (Å²) in [6.07, 6.45) is 6.63. The Hall–Kier alpha value is -2.32. The molecule has 2 aromatic heterocycles. The van der Waals surface area contributed by atoms with Crippen molar-refractivity contribution >= 4 is 39.2 Å². The normalized spacial score (nSPS) is 15.5. The van der Waals surface area contributed by atoms with Crippen LogP contribution in [-0.2, 0) is 17.6 Å². The molecule has 1 saturated carbocycles. The average Bonchev–Trinajstić information content (AvgIpc) is 3.56. The van der Waals surface area contributed by atoms with Crippen LogP contribution in [0.1, 0.15) is 43.0 Å². The molecule has 0 saturated heterocycles. The molecular weight excluding hydrogens is 442 g/mol. The van der Waals surface area contributed by atoms with Gasteiger partial charge in [0, 0.05) is 11.4 Å². The fraction of sp³-hybridized carbons (Fsp3) is 0.458. The summed E-state index contributed by atoms with van der Waals surface area (Å²) in [5.41, 5.74) is 1.87. The third-order valence-electron chi connectivity index (χ3n) is 5.98. The minimum absolute atomic E-state index is 0.0139. The summed E-state index contributed by atoms with van der Waals surface area (Å²) in [6.45, 7) is 3.28. The van der Waals surface area contributed by atoms with Gasteiger partial charge >= 0.3 is 0 Å². The van der Waals surface area contributed by atoms with Crippen molar-refractivity contribution in [1.29, 1.82) is 0 Å². The molecule has 1 amide bonds. The predicted molar refractivity (Wildman–Crippen MR) is 129 cm³/mol. The third kappa shape index (κ3) is 4.43. The molecule has 5 rings (SSSR count). The lowest BCUT2D eigenvalue weighted by atomic mass is 9.97. The van der Waals surface area contributed by atoms with Crippen molar-refractivity contribution in [2.24, 2.45) is 5.92 Å². The predicted octanol–water partition coefficient (Wildman–Crippen LogP) is 4.34. The molecular formula is C24H27N3O3S2. The molecule has 1 fully saturated rings. The maximum atomic E-state index is 13.7. The van der Waals surface area contributed by atoms with E-state index in [0.29, 0.717) is 17.7 Å². The number of thioether (sulfide) groups is 1. The minimum atomic E-state index is -0.0422. The van der Waals surface area contributed by atoms with Crippen LogP contribution in [0.4, 0.5) is 0 Å². The number of ether oxygens (including phenoxy) is 1. The number of amides is 1. The first kappa shape index (κ1) is 21.5. The van der Waals surface area contributed by atoms with E-state index in [0.717, 1.165) is 53.9 Å². The number of aryl methyl sites for hydroxylation is 2. The molecule has 0 spiro atoms. The van der Waals surface area contributed by atoms with Crippen molar-refractivity contribution in [3.05, 3.63) is 45.1 Å². The highest BCUT2D eigenvalue weighted by Gasteiger charge is 2.24. The van der Waals surface area contributed by atoms with Gasteiger partial charge in [-0.15, -0.1) is 11.3 Å². The Morgan fingerprint density at radius 3 is 2.78 bits per heavy atom. The number of nitrogens with zero attached hydrogens (tertiary/aromatic N) is 2. The second kappa shape index (κ2) is 9.27. The molecule has 0 radical (unpaired) electrons. The molecule has 2 heterocycles. The van der Waals surface area contributed by atoms with Crippen LogP contribution >= 0.6 is 23.1 Å². The van der Waals surface area contributed by atoms with Gasteiger partial charge in [0.25, 0.3) is 5.56 Å². The van der Waals surface area contributed by atoms with Gasteiger partial charge in [-0.3, -0.25) is 14.2 Å². The molecule has 0 aliphatic heterocycles. The van der Waals surface area contributed by atoms with Gasteiger partial charge in [-0.05, 0) is 81.2 Å². The van der Waals surface area contributed by atoms with E-state index in [9.17, 15) is 9.59 Å². The lowest BCUT2D eigenvalue weighted by Gasteiger charge is -2.14. The summed E-state index contributed by atoms with van der Waals surface area (Å²) in [6, 6.07) is 7.51. The number of aromatic nitrogens is 2. The van der Waals surface area contributed by atoms with Crippen LogP contribution < -0.4 is 15.6 Å². The van der Waals surface area contributed by atoms with E-state index in [4.69, 9.17) is 9.72 Å². The molecule has 0 atom stereocenters. The van der Waals surface area contributed by atoms with Crippen LogP contribution in [0, 0.1) is 5.92 Å². The lowest BCUT2D eigenvalue weighted by Crippen LogP contribution is -2.28. The first-order valence-corrected chi connectivity index (χ1v) is 13.1. The maximum absolute atomic E-state index is 13.7. The van der Waals surface area contributed by atoms with Crippen LogP contribution in [0.2, 0.25) is 0 Å². The Morgan fingerprint density at radius 2 is 2.03 bits per heavy atom. The molecule has 3 aromatic rings. The van der Waals surface area contributed by atoms with Crippen LogP contribution in [0.15, 0.2) is 34.2 Å². The Morgan fingerprint density at radius 1 is 1.25 bits per heavy atom. The molecule has 2 aliphatic rings. The van der Waals surface area contributed by atoms with Crippen LogP contribution in [-0.4, -0.2) is 34.4 Å². The zero-order chi connectivity index (χ0) is 22.1. The van der Waals surface area contributed by atoms with E-state index in [1.807, 2.05) is 31.2 Å². The number of fused-ring (bicyclic) bond motifs is 3. The standard InChI is InChI=1S/C24H27N3O3S2/c1-2-30-17-11-9-16(10-12-17)27-23(29)21-18-5-3-4-6-19(18)32-22(21)26-24(27)31-14-20(28)25-13-15-7-8-15/h9-12,15H,2-8,13-14H2,1H3,(H,25,28). The number of thiophene rings is 1. The number of benzene rings is 1. The van der Waals surface area contributed by atoms with Crippen molar-refractivity contribution in [2.45, 2.75) is 50.6 Å². The van der Waals surface area contributed by atoms with Crippen molar-refractivity contribution < 1.29 is 9.53 Å². The number of nitrogens with one attached hydrogen (secondary N) is 1. The smallest absolute Gasteiger partial charge is 0.267 e. The molecule has 6 nitrogen and oxygen atoms in total. The minimum Gasteiger partial charge on any atom is -0.494 e. The zero-order valence-electron chi connectivity index (χ0n) is 18.2. The molecule has 1 N–H and O–H groups in total. The molecule has 8 heteroatoms. The van der Waals surface area contributed by atoms with Gasteiger partial charge in [0.15, 0.2) is 5.16 Å². The van der Waals surface area contributed by atoms with Crippen LogP contribution in [0.3, 0.4) is 0 Å². The van der Waals surface area contributed by atoms with Crippen molar-refractivity contribution in [3.63, 3.8) is 0 Å². The number of carbonyl (C=O) groups excluding carboxylic acids is 1. The van der Waals surface area contributed by atoms with E-state index >= 15 is 0 Å². The van der Waals surface area contributed by atoms with E-state index < -0.39 is 0 Å². The van der Waals surface area contributed by atoms with E-state index in [1.54, 1.807) is 15.9 Å². The molecule has 168 valence electrons. The van der Waals surface area contributed by atoms with Crippen molar-refractivity contribution in [1.82, 2.24) is 14.9 Å². The van der Waals surface area contributed by atoms with E-state index in [1.165, 1.54) is 35.0 Å². The fourth-order valence-electron chi connectivity index (χ4n) is 4.13. The summed E-state index contributed by atoms with van der Waals surface area (Å²) in [5, 5.41) is 4.31. The zero-order valence-corrected chi connectivity index (χ0v) is 19.8. The Labute approximate surface area is 195 Å². The van der Waals surface area contributed by atoms with Gasteiger partial charge in [0.2, 0.25) is 5.91 Å². The summed E-state index contributed by atoms with van der Waals surface area (Å²) in [4.78, 5) is 33.1. The van der Waals surface area contributed by atoms with E-state index in [-0.39, 0.29) is 17.2 Å². The summed E-state index contributed by atoms with van der Waals surface area (Å²) in [7, 11) is 0.